The third kappa shape index (κ3) is 4.57. The molecule has 0 aliphatic heterocycles. The fraction of sp³-hybridized carbons (Fsp3) is 0.435. The Kier molecular flexibility index (Phi) is 5.73. The number of aromatic nitrogens is 1. The number of benzene rings is 1. The normalized spacial score (nSPS) is 19.8. The molecule has 2 saturated carbocycles. The van der Waals surface area contributed by atoms with Crippen LogP contribution in [-0.2, 0) is 10.2 Å². The molecule has 2 fully saturated rings. The molecule has 1 aromatic heterocycles. The summed E-state index contributed by atoms with van der Waals surface area (Å²) in [6.07, 6.45) is 3.39. The second kappa shape index (κ2) is 8.32. The number of carbonyl (C=O) groups excluding carboxylic acids is 2. The summed E-state index contributed by atoms with van der Waals surface area (Å²) in [6.45, 7) is 0. The van der Waals surface area contributed by atoms with Crippen molar-refractivity contribution in [2.45, 2.75) is 62.3 Å². The minimum atomic E-state index is -2.63. The summed E-state index contributed by atoms with van der Waals surface area (Å²) < 4.78 is 39.6. The number of carbonyl (C=O) groups is 2. The Morgan fingerprint density at radius 2 is 1.65 bits per heavy atom. The van der Waals surface area contributed by atoms with E-state index in [0.29, 0.717) is 18.4 Å². The number of amides is 2. The van der Waals surface area contributed by atoms with Crippen LogP contribution in [0.15, 0.2) is 42.6 Å². The fourth-order valence-electron chi connectivity index (χ4n) is 4.26. The molecule has 2 amide bonds. The molecule has 0 spiro atoms. The lowest BCUT2D eigenvalue weighted by Gasteiger charge is -2.40. The molecule has 2 N–H and O–H groups in total. The van der Waals surface area contributed by atoms with Gasteiger partial charge in [-0.05, 0) is 55.5 Å². The Labute approximate surface area is 178 Å². The second-order valence-electron chi connectivity index (χ2n) is 8.43. The van der Waals surface area contributed by atoms with Gasteiger partial charge in [-0.25, -0.2) is 18.2 Å². The summed E-state index contributed by atoms with van der Waals surface area (Å²) in [5.41, 5.74) is 0.517. The Morgan fingerprint density at radius 1 is 0.968 bits per heavy atom. The standard InChI is InChI=1S/C23H24F3N3O2/c24-17-6-7-19(27-14-17)29-21(31)22(10-1-11-22)16-4-2-15(3-5-16)20(30)28-18-8-12-23(25,26)13-9-18/h2-7,14,18H,1,8-13H2,(H,28,30)(H,27,29,31). The van der Waals surface area contributed by atoms with E-state index in [-0.39, 0.29) is 49.4 Å². The SMILES string of the molecule is O=C(NC1CCC(F)(F)CC1)c1ccc(C2(C(=O)Nc3ccc(F)cn3)CCC2)cc1. The zero-order valence-electron chi connectivity index (χ0n) is 17.0. The molecule has 1 heterocycles. The van der Waals surface area contributed by atoms with Gasteiger partial charge < -0.3 is 10.6 Å². The van der Waals surface area contributed by atoms with Crippen molar-refractivity contribution in [3.05, 3.63) is 59.5 Å². The van der Waals surface area contributed by atoms with Crippen molar-refractivity contribution in [2.75, 3.05) is 5.32 Å². The molecule has 2 aliphatic carbocycles. The minimum absolute atomic E-state index is 0.210. The molecule has 4 rings (SSSR count). The molecule has 0 unspecified atom stereocenters. The number of nitrogens with zero attached hydrogens (tertiary/aromatic N) is 1. The third-order valence-corrected chi connectivity index (χ3v) is 6.36. The first-order valence-electron chi connectivity index (χ1n) is 10.5. The van der Waals surface area contributed by atoms with E-state index in [0.717, 1.165) is 18.2 Å². The van der Waals surface area contributed by atoms with Gasteiger partial charge in [0.2, 0.25) is 11.8 Å². The molecule has 8 heteroatoms. The van der Waals surface area contributed by atoms with Crippen molar-refractivity contribution in [2.24, 2.45) is 0 Å². The molecule has 0 saturated heterocycles. The molecule has 5 nitrogen and oxygen atoms in total. The number of hydrogen-bond acceptors (Lipinski definition) is 3. The highest BCUT2D eigenvalue weighted by molar-refractivity contribution is 6.00. The molecule has 0 radical (unpaired) electrons. The number of pyridine rings is 1. The number of alkyl halides is 2. The summed E-state index contributed by atoms with van der Waals surface area (Å²) in [7, 11) is 0. The van der Waals surface area contributed by atoms with Gasteiger partial charge in [-0.3, -0.25) is 9.59 Å². The van der Waals surface area contributed by atoms with Crippen LogP contribution in [0.2, 0.25) is 0 Å². The Morgan fingerprint density at radius 3 is 2.19 bits per heavy atom. The van der Waals surface area contributed by atoms with E-state index < -0.39 is 17.2 Å². The van der Waals surface area contributed by atoms with Gasteiger partial charge in [0.25, 0.3) is 5.91 Å². The fourth-order valence-corrected chi connectivity index (χ4v) is 4.26. The van der Waals surface area contributed by atoms with Crippen molar-refractivity contribution in [3.63, 3.8) is 0 Å². The van der Waals surface area contributed by atoms with E-state index in [2.05, 4.69) is 15.6 Å². The van der Waals surface area contributed by atoms with Gasteiger partial charge in [-0.15, -0.1) is 0 Å². The van der Waals surface area contributed by atoms with Gasteiger partial charge in [-0.1, -0.05) is 18.6 Å². The Bertz CT molecular complexity index is 947. The van der Waals surface area contributed by atoms with Crippen LogP contribution in [0.1, 0.15) is 60.9 Å². The van der Waals surface area contributed by atoms with Crippen LogP contribution in [-0.4, -0.2) is 28.8 Å². The largest absolute Gasteiger partial charge is 0.349 e. The van der Waals surface area contributed by atoms with Crippen molar-refractivity contribution in [1.82, 2.24) is 10.3 Å². The maximum Gasteiger partial charge on any atom is 0.251 e. The topological polar surface area (TPSA) is 71.1 Å². The summed E-state index contributed by atoms with van der Waals surface area (Å²) in [5.74, 6) is -3.34. The van der Waals surface area contributed by atoms with E-state index >= 15 is 0 Å². The monoisotopic (exact) mass is 431 g/mol. The minimum Gasteiger partial charge on any atom is -0.349 e. The molecule has 0 atom stereocenters. The van der Waals surface area contributed by atoms with Gasteiger partial charge in [0.15, 0.2) is 0 Å². The summed E-state index contributed by atoms with van der Waals surface area (Å²) in [5, 5.41) is 5.58. The first kappa shape index (κ1) is 21.3. The van der Waals surface area contributed by atoms with Gasteiger partial charge in [0, 0.05) is 24.4 Å². The maximum atomic E-state index is 13.3. The molecule has 2 aliphatic rings. The van der Waals surface area contributed by atoms with Crippen LogP contribution < -0.4 is 10.6 Å². The number of rotatable bonds is 5. The predicted octanol–water partition coefficient (Wildman–Crippen LogP) is 4.59. The van der Waals surface area contributed by atoms with E-state index in [4.69, 9.17) is 0 Å². The highest BCUT2D eigenvalue weighted by Gasteiger charge is 2.45. The average Bonchev–Trinajstić information content (AvgIpc) is 2.71. The zero-order chi connectivity index (χ0) is 22.1. The van der Waals surface area contributed by atoms with Crippen molar-refractivity contribution >= 4 is 17.6 Å². The molecule has 2 aromatic rings. The van der Waals surface area contributed by atoms with Crippen molar-refractivity contribution < 1.29 is 22.8 Å². The maximum absolute atomic E-state index is 13.3. The molecule has 31 heavy (non-hydrogen) atoms. The smallest absolute Gasteiger partial charge is 0.251 e. The van der Waals surface area contributed by atoms with Crippen LogP contribution in [0.3, 0.4) is 0 Å². The second-order valence-corrected chi connectivity index (χ2v) is 8.43. The molecular weight excluding hydrogens is 407 g/mol. The van der Waals surface area contributed by atoms with Gasteiger partial charge in [0.1, 0.15) is 11.6 Å². The summed E-state index contributed by atoms with van der Waals surface area (Å²) in [4.78, 5) is 29.3. The van der Waals surface area contributed by atoms with Crippen LogP contribution in [0.5, 0.6) is 0 Å². The van der Waals surface area contributed by atoms with Gasteiger partial charge >= 0.3 is 0 Å². The van der Waals surface area contributed by atoms with Gasteiger partial charge in [-0.2, -0.15) is 0 Å². The number of halogens is 3. The highest BCUT2D eigenvalue weighted by atomic mass is 19.3. The third-order valence-electron chi connectivity index (χ3n) is 6.36. The molecule has 1 aromatic carbocycles. The van der Waals surface area contributed by atoms with Crippen LogP contribution >= 0.6 is 0 Å². The molecule has 164 valence electrons. The van der Waals surface area contributed by atoms with E-state index in [1.165, 1.54) is 12.1 Å². The van der Waals surface area contributed by atoms with Crippen LogP contribution in [0.25, 0.3) is 0 Å². The predicted molar refractivity (Wildman–Crippen MR) is 109 cm³/mol. The van der Waals surface area contributed by atoms with Crippen molar-refractivity contribution in [1.29, 1.82) is 0 Å². The van der Waals surface area contributed by atoms with E-state index in [1.54, 1.807) is 24.3 Å². The number of anilines is 1. The number of nitrogens with one attached hydrogen (secondary N) is 2. The first-order valence-corrected chi connectivity index (χ1v) is 10.5. The Balaban J connectivity index is 1.41. The molecule has 0 bridgehead atoms. The van der Waals surface area contributed by atoms with Gasteiger partial charge in [0.05, 0.1) is 11.6 Å². The lowest BCUT2D eigenvalue weighted by atomic mass is 9.63. The van der Waals surface area contributed by atoms with Crippen LogP contribution in [0, 0.1) is 5.82 Å². The Hall–Kier alpha value is -2.90. The lowest BCUT2D eigenvalue weighted by Crippen LogP contribution is -2.46. The quantitative estimate of drug-likeness (QED) is 0.728. The van der Waals surface area contributed by atoms with Crippen LogP contribution in [0.4, 0.5) is 19.0 Å². The average molecular weight is 431 g/mol. The van der Waals surface area contributed by atoms with Crippen molar-refractivity contribution in [3.8, 4) is 0 Å². The van der Waals surface area contributed by atoms with E-state index in [9.17, 15) is 22.8 Å². The summed E-state index contributed by atoms with van der Waals surface area (Å²) in [6, 6.07) is 9.24. The lowest BCUT2D eigenvalue weighted by molar-refractivity contribution is -0.124. The van der Waals surface area contributed by atoms with E-state index in [1.807, 2.05) is 0 Å². The highest BCUT2D eigenvalue weighted by Crippen LogP contribution is 2.44. The zero-order valence-corrected chi connectivity index (χ0v) is 17.0. The molecular formula is C23H24F3N3O2. The summed E-state index contributed by atoms with van der Waals surface area (Å²) >= 11 is 0. The number of hydrogen-bond donors (Lipinski definition) is 2. The first-order chi connectivity index (χ1) is 14.8.